The minimum Gasteiger partial charge on any atom is -0.429 e. The lowest BCUT2D eigenvalue weighted by molar-refractivity contribution is -0.206. The highest BCUT2D eigenvalue weighted by Crippen LogP contribution is 2.41. The first-order valence-electron chi connectivity index (χ1n) is 12.0. The maximum absolute atomic E-state index is 15.0. The first-order chi connectivity index (χ1) is 18.7. The van der Waals surface area contributed by atoms with Gasteiger partial charge in [0.2, 0.25) is 0 Å². The Morgan fingerprint density at radius 1 is 0.825 bits per heavy atom. The Bertz CT molecular complexity index is 1340. The molecule has 0 amide bonds. The Balaban J connectivity index is 1.55. The Labute approximate surface area is 222 Å². The number of ether oxygens (including phenoxy) is 3. The lowest BCUT2D eigenvalue weighted by Gasteiger charge is -2.30. The molecule has 0 aliphatic carbocycles. The summed E-state index contributed by atoms with van der Waals surface area (Å²) in [6.07, 6.45) is -9.00. The molecule has 3 aromatic carbocycles. The van der Waals surface area contributed by atoms with Crippen LogP contribution in [-0.4, -0.2) is 13.2 Å². The molecule has 1 aliphatic rings. The van der Waals surface area contributed by atoms with E-state index in [4.69, 9.17) is 15.2 Å². The van der Waals surface area contributed by atoms with Crippen LogP contribution >= 0.6 is 0 Å². The smallest absolute Gasteiger partial charge is 0.429 e. The zero-order valence-corrected chi connectivity index (χ0v) is 20.7. The lowest BCUT2D eigenvalue weighted by atomic mass is 10.0. The molecule has 40 heavy (non-hydrogen) atoms. The molecule has 0 unspecified atom stereocenters. The maximum atomic E-state index is 15.0. The van der Waals surface area contributed by atoms with Crippen molar-refractivity contribution in [3.05, 3.63) is 82.4 Å². The van der Waals surface area contributed by atoms with Crippen molar-refractivity contribution in [3.8, 4) is 16.9 Å². The zero-order valence-electron chi connectivity index (χ0n) is 20.7. The van der Waals surface area contributed by atoms with Gasteiger partial charge in [-0.15, -0.1) is 0 Å². The van der Waals surface area contributed by atoms with E-state index in [1.807, 2.05) is 6.92 Å². The van der Waals surface area contributed by atoms with Crippen LogP contribution in [0.4, 0.5) is 45.2 Å². The number of benzene rings is 3. The number of hydrogen-bond acceptors (Lipinski definition) is 4. The first kappa shape index (κ1) is 29.5. The van der Waals surface area contributed by atoms with Crippen LogP contribution in [0.3, 0.4) is 0 Å². The highest BCUT2D eigenvalue weighted by atomic mass is 19.4. The Morgan fingerprint density at radius 3 is 1.95 bits per heavy atom. The normalized spacial score (nSPS) is 18.1. The standard InChI is InChI=1S/C27H22F9NO3/c1-2-3-13-11-38-25(39-12-13)15-8-21(31)24(22(37)9-15)27(35,36)40-16-4-5-17(18(28)10-16)14-6-19(29)23(20(30)7-14)26(32,33)34/h4-10,13,25H,2-3,11-12,37H2,1H3. The van der Waals surface area contributed by atoms with E-state index in [-0.39, 0.29) is 23.6 Å². The number of rotatable bonds is 7. The second-order valence-electron chi connectivity index (χ2n) is 9.19. The molecule has 0 atom stereocenters. The number of hydrogen-bond donors (Lipinski definition) is 1. The fourth-order valence-corrected chi connectivity index (χ4v) is 4.40. The van der Waals surface area contributed by atoms with Gasteiger partial charge in [-0.2, -0.15) is 22.0 Å². The topological polar surface area (TPSA) is 53.7 Å². The predicted octanol–water partition coefficient (Wildman–Crippen LogP) is 8.10. The summed E-state index contributed by atoms with van der Waals surface area (Å²) in [5, 5.41) is 0. The Morgan fingerprint density at radius 2 is 1.43 bits per heavy atom. The summed E-state index contributed by atoms with van der Waals surface area (Å²) >= 11 is 0. The molecule has 216 valence electrons. The average Bonchev–Trinajstić information content (AvgIpc) is 2.82. The first-order valence-corrected chi connectivity index (χ1v) is 12.0. The summed E-state index contributed by atoms with van der Waals surface area (Å²) in [5.74, 6) is -7.48. The number of alkyl halides is 5. The molecule has 0 radical (unpaired) electrons. The summed E-state index contributed by atoms with van der Waals surface area (Å²) in [6, 6.07) is 4.22. The van der Waals surface area contributed by atoms with Gasteiger partial charge in [-0.1, -0.05) is 13.3 Å². The number of nitrogen functional groups attached to an aromatic ring is 1. The summed E-state index contributed by atoms with van der Waals surface area (Å²) < 4.78 is 141. The largest absolute Gasteiger partial charge is 0.431 e. The van der Waals surface area contributed by atoms with Gasteiger partial charge < -0.3 is 19.9 Å². The van der Waals surface area contributed by atoms with Crippen LogP contribution in [0.1, 0.15) is 42.7 Å². The minimum atomic E-state index is -5.34. The minimum absolute atomic E-state index is 0.0656. The lowest BCUT2D eigenvalue weighted by Crippen LogP contribution is -2.28. The van der Waals surface area contributed by atoms with Gasteiger partial charge in [0.05, 0.1) is 13.2 Å². The van der Waals surface area contributed by atoms with E-state index in [0.717, 1.165) is 37.1 Å². The fourth-order valence-electron chi connectivity index (χ4n) is 4.40. The molecule has 0 saturated carbocycles. The molecule has 4 rings (SSSR count). The van der Waals surface area contributed by atoms with E-state index in [1.165, 1.54) is 0 Å². The third-order valence-electron chi connectivity index (χ3n) is 6.19. The molecule has 13 heteroatoms. The van der Waals surface area contributed by atoms with Crippen LogP contribution in [0.5, 0.6) is 5.75 Å². The molecule has 3 aromatic rings. The monoisotopic (exact) mass is 579 g/mol. The van der Waals surface area contributed by atoms with E-state index in [9.17, 15) is 39.5 Å². The highest BCUT2D eigenvalue weighted by Gasteiger charge is 2.41. The van der Waals surface area contributed by atoms with Crippen molar-refractivity contribution in [2.24, 2.45) is 5.92 Å². The predicted molar refractivity (Wildman–Crippen MR) is 125 cm³/mol. The number of halogens is 9. The van der Waals surface area contributed by atoms with Crippen molar-refractivity contribution in [1.29, 1.82) is 0 Å². The highest BCUT2D eigenvalue weighted by molar-refractivity contribution is 5.66. The van der Waals surface area contributed by atoms with Gasteiger partial charge in [0.15, 0.2) is 6.29 Å². The van der Waals surface area contributed by atoms with E-state index in [0.29, 0.717) is 19.3 Å². The van der Waals surface area contributed by atoms with Crippen LogP contribution in [0.15, 0.2) is 42.5 Å². The molecule has 1 fully saturated rings. The fraction of sp³-hybridized carbons (Fsp3) is 0.333. The molecule has 0 bridgehead atoms. The van der Waals surface area contributed by atoms with Crippen molar-refractivity contribution in [2.45, 2.75) is 38.3 Å². The van der Waals surface area contributed by atoms with Gasteiger partial charge in [-0.25, -0.2) is 17.6 Å². The molecule has 4 nitrogen and oxygen atoms in total. The third kappa shape index (κ3) is 6.15. The van der Waals surface area contributed by atoms with Crippen LogP contribution in [0.25, 0.3) is 11.1 Å². The molecule has 1 heterocycles. The van der Waals surface area contributed by atoms with Gasteiger partial charge in [0.1, 0.15) is 40.1 Å². The van der Waals surface area contributed by atoms with Gasteiger partial charge in [-0.3, -0.25) is 0 Å². The molecule has 0 spiro atoms. The average molecular weight is 579 g/mol. The number of anilines is 1. The van der Waals surface area contributed by atoms with Gasteiger partial charge in [0, 0.05) is 28.8 Å². The SMILES string of the molecule is CCCC1COC(c2cc(N)c(C(F)(F)Oc3ccc(-c4cc(F)c(C(F)(F)F)c(F)c4)c(F)c3)c(F)c2)OC1. The van der Waals surface area contributed by atoms with Gasteiger partial charge >= 0.3 is 12.3 Å². The summed E-state index contributed by atoms with van der Waals surface area (Å²) in [6.45, 7) is 2.65. The second kappa shape index (κ2) is 11.2. The number of nitrogens with two attached hydrogens (primary N) is 1. The molecule has 0 aromatic heterocycles. The van der Waals surface area contributed by atoms with Crippen LogP contribution in [0, 0.1) is 29.2 Å². The zero-order chi connectivity index (χ0) is 29.4. The van der Waals surface area contributed by atoms with Gasteiger partial charge in [-0.05, 0) is 48.4 Å². The molecule has 1 saturated heterocycles. The quantitative estimate of drug-likeness (QED) is 0.227. The van der Waals surface area contributed by atoms with Crippen molar-refractivity contribution in [3.63, 3.8) is 0 Å². The van der Waals surface area contributed by atoms with Crippen molar-refractivity contribution < 1.29 is 53.7 Å². The molecular weight excluding hydrogens is 557 g/mol. The van der Waals surface area contributed by atoms with Crippen LogP contribution in [0.2, 0.25) is 0 Å². The Kier molecular flexibility index (Phi) is 8.27. The molecular formula is C27H22F9NO3. The summed E-state index contributed by atoms with van der Waals surface area (Å²) in [5.41, 5.74) is 0.340. The van der Waals surface area contributed by atoms with Crippen LogP contribution < -0.4 is 10.5 Å². The maximum Gasteiger partial charge on any atom is 0.431 e. The Hall–Kier alpha value is -3.45. The van der Waals surface area contributed by atoms with Crippen LogP contribution in [-0.2, 0) is 21.8 Å². The third-order valence-corrected chi connectivity index (χ3v) is 6.19. The van der Waals surface area contributed by atoms with E-state index in [1.54, 1.807) is 0 Å². The molecule has 2 N–H and O–H groups in total. The van der Waals surface area contributed by atoms with Crippen molar-refractivity contribution >= 4 is 5.69 Å². The second-order valence-corrected chi connectivity index (χ2v) is 9.19. The van der Waals surface area contributed by atoms with Crippen molar-refractivity contribution in [1.82, 2.24) is 0 Å². The summed E-state index contributed by atoms with van der Waals surface area (Å²) in [4.78, 5) is 0. The van der Waals surface area contributed by atoms with Crippen molar-refractivity contribution in [2.75, 3.05) is 18.9 Å². The summed E-state index contributed by atoms with van der Waals surface area (Å²) in [7, 11) is 0. The van der Waals surface area contributed by atoms with Gasteiger partial charge in [0.25, 0.3) is 0 Å². The van der Waals surface area contributed by atoms with E-state index >= 15 is 0 Å². The van der Waals surface area contributed by atoms with E-state index in [2.05, 4.69) is 4.74 Å². The molecule has 1 aliphatic heterocycles. The van der Waals surface area contributed by atoms with E-state index < -0.39 is 75.5 Å².